The van der Waals surface area contributed by atoms with Crippen molar-refractivity contribution in [3.05, 3.63) is 71.1 Å². The zero-order valence-corrected chi connectivity index (χ0v) is 17.1. The maximum atomic E-state index is 12.7. The topological polar surface area (TPSA) is 123 Å². The number of carbonyl (C=O) groups excluding carboxylic acids is 1. The lowest BCUT2D eigenvalue weighted by molar-refractivity contribution is 0.103. The van der Waals surface area contributed by atoms with Gasteiger partial charge in [0.15, 0.2) is 0 Å². The Morgan fingerprint density at radius 3 is 2.00 bits per heavy atom. The van der Waals surface area contributed by atoms with Crippen molar-refractivity contribution in [2.75, 3.05) is 5.32 Å². The molecule has 0 atom stereocenters. The van der Waals surface area contributed by atoms with Crippen molar-refractivity contribution < 1.29 is 21.6 Å². The SMILES string of the molecule is Cc1ccc(S(=O)(=O)c2ccc(C(=O)Nc3ccc(S(N)(=O)=O)cc3)s2)cc1. The molecule has 0 aliphatic heterocycles. The Hall–Kier alpha value is -2.53. The zero-order valence-electron chi connectivity index (χ0n) is 14.6. The maximum absolute atomic E-state index is 12.7. The molecule has 28 heavy (non-hydrogen) atoms. The molecule has 7 nitrogen and oxygen atoms in total. The second kappa shape index (κ2) is 7.47. The number of benzene rings is 2. The van der Waals surface area contributed by atoms with Crippen LogP contribution in [0.1, 0.15) is 15.2 Å². The highest BCUT2D eigenvalue weighted by Gasteiger charge is 2.21. The molecule has 146 valence electrons. The van der Waals surface area contributed by atoms with Crippen LogP contribution in [0.25, 0.3) is 0 Å². The van der Waals surface area contributed by atoms with Crippen LogP contribution in [0.4, 0.5) is 5.69 Å². The molecule has 0 aliphatic rings. The summed E-state index contributed by atoms with van der Waals surface area (Å²) in [6, 6.07) is 14.6. The van der Waals surface area contributed by atoms with Crippen molar-refractivity contribution >= 4 is 42.8 Å². The smallest absolute Gasteiger partial charge is 0.265 e. The number of nitrogens with one attached hydrogen (secondary N) is 1. The molecule has 0 saturated carbocycles. The molecule has 0 spiro atoms. The molecule has 0 fully saturated rings. The van der Waals surface area contributed by atoms with Crippen LogP contribution < -0.4 is 10.5 Å². The van der Waals surface area contributed by atoms with Gasteiger partial charge in [-0.25, -0.2) is 22.0 Å². The summed E-state index contributed by atoms with van der Waals surface area (Å²) in [6.45, 7) is 1.86. The van der Waals surface area contributed by atoms with Gasteiger partial charge in [-0.15, -0.1) is 11.3 Å². The van der Waals surface area contributed by atoms with E-state index in [2.05, 4.69) is 5.32 Å². The molecule has 10 heteroatoms. The van der Waals surface area contributed by atoms with E-state index >= 15 is 0 Å². The molecular formula is C18H16N2O5S3. The lowest BCUT2D eigenvalue weighted by Gasteiger charge is -2.05. The van der Waals surface area contributed by atoms with Crippen molar-refractivity contribution in [1.29, 1.82) is 0 Å². The van der Waals surface area contributed by atoms with Crippen molar-refractivity contribution in [2.45, 2.75) is 20.9 Å². The van der Waals surface area contributed by atoms with Crippen LogP contribution in [-0.4, -0.2) is 22.7 Å². The minimum Gasteiger partial charge on any atom is -0.321 e. The van der Waals surface area contributed by atoms with E-state index in [1.165, 1.54) is 48.5 Å². The number of rotatable bonds is 5. The first kappa shape index (κ1) is 20.2. The summed E-state index contributed by atoms with van der Waals surface area (Å²) < 4.78 is 47.9. The molecule has 3 rings (SSSR count). The summed E-state index contributed by atoms with van der Waals surface area (Å²) in [4.78, 5) is 12.7. The fourth-order valence-corrected chi connectivity index (χ4v) is 5.46. The average molecular weight is 437 g/mol. The molecule has 0 unspecified atom stereocenters. The third kappa shape index (κ3) is 4.30. The van der Waals surface area contributed by atoms with E-state index in [1.54, 1.807) is 12.1 Å². The summed E-state index contributed by atoms with van der Waals surface area (Å²) in [5.74, 6) is -0.501. The van der Waals surface area contributed by atoms with Gasteiger partial charge in [0.25, 0.3) is 5.91 Å². The van der Waals surface area contributed by atoms with Crippen LogP contribution in [0.15, 0.2) is 74.7 Å². The highest BCUT2D eigenvalue weighted by Crippen LogP contribution is 2.28. The molecule has 0 bridgehead atoms. The number of anilines is 1. The molecule has 3 N–H and O–H groups in total. The number of hydrogen-bond donors (Lipinski definition) is 2. The fourth-order valence-electron chi connectivity index (χ4n) is 2.34. The minimum atomic E-state index is -3.82. The molecule has 3 aromatic rings. The van der Waals surface area contributed by atoms with E-state index in [4.69, 9.17) is 5.14 Å². The van der Waals surface area contributed by atoms with Crippen LogP contribution in [0.3, 0.4) is 0 Å². The maximum Gasteiger partial charge on any atom is 0.265 e. The number of nitrogens with two attached hydrogens (primary N) is 1. The van der Waals surface area contributed by atoms with Crippen molar-refractivity contribution in [2.24, 2.45) is 5.14 Å². The number of aryl methyl sites for hydroxylation is 1. The molecule has 2 aromatic carbocycles. The summed E-state index contributed by atoms with van der Waals surface area (Å²) in [5, 5.41) is 7.62. The molecule has 1 amide bonds. The number of sulfonamides is 1. The fraction of sp³-hybridized carbons (Fsp3) is 0.0556. The normalized spacial score (nSPS) is 11.9. The molecule has 0 radical (unpaired) electrons. The second-order valence-electron chi connectivity index (χ2n) is 5.96. The van der Waals surface area contributed by atoms with E-state index in [1.807, 2.05) is 6.92 Å². The number of amides is 1. The van der Waals surface area contributed by atoms with E-state index in [-0.39, 0.29) is 18.9 Å². The first-order chi connectivity index (χ1) is 13.1. The average Bonchev–Trinajstić information content (AvgIpc) is 3.13. The van der Waals surface area contributed by atoms with Crippen LogP contribution >= 0.6 is 11.3 Å². The summed E-state index contributed by atoms with van der Waals surface area (Å²) in [7, 11) is -7.53. The number of sulfone groups is 1. The van der Waals surface area contributed by atoms with Gasteiger partial charge < -0.3 is 5.32 Å². The highest BCUT2D eigenvalue weighted by molar-refractivity contribution is 7.93. The number of thiophene rings is 1. The van der Waals surface area contributed by atoms with Gasteiger partial charge >= 0.3 is 0 Å². The number of hydrogen-bond acceptors (Lipinski definition) is 6. The van der Waals surface area contributed by atoms with Crippen molar-refractivity contribution in [1.82, 2.24) is 0 Å². The Morgan fingerprint density at radius 2 is 1.43 bits per heavy atom. The molecule has 0 aliphatic carbocycles. The Labute approximate surface area is 166 Å². The second-order valence-corrected chi connectivity index (χ2v) is 10.8. The number of carbonyl (C=O) groups is 1. The minimum absolute atomic E-state index is 0.0612. The Bertz CT molecular complexity index is 1230. The van der Waals surface area contributed by atoms with Gasteiger partial charge in [-0.3, -0.25) is 4.79 Å². The van der Waals surface area contributed by atoms with Crippen LogP contribution in [-0.2, 0) is 19.9 Å². The van der Waals surface area contributed by atoms with Gasteiger partial charge in [0.2, 0.25) is 19.9 Å². The Balaban J connectivity index is 1.79. The molecule has 1 aromatic heterocycles. The predicted molar refractivity (Wildman–Crippen MR) is 107 cm³/mol. The summed E-state index contributed by atoms with van der Waals surface area (Å²) >= 11 is 0.858. The van der Waals surface area contributed by atoms with Crippen LogP contribution in [0, 0.1) is 6.92 Å². The first-order valence-electron chi connectivity index (χ1n) is 7.93. The third-order valence-corrected chi connectivity index (χ3v) is 8.12. The third-order valence-electron chi connectivity index (χ3n) is 3.84. The molecular weight excluding hydrogens is 420 g/mol. The predicted octanol–water partition coefficient (Wildman–Crippen LogP) is 2.79. The van der Waals surface area contributed by atoms with Gasteiger partial charge in [0.1, 0.15) is 4.21 Å². The van der Waals surface area contributed by atoms with Gasteiger partial charge in [-0.1, -0.05) is 17.7 Å². The van der Waals surface area contributed by atoms with Gasteiger partial charge in [-0.2, -0.15) is 0 Å². The van der Waals surface area contributed by atoms with Gasteiger partial charge in [0.05, 0.1) is 14.7 Å². The lowest BCUT2D eigenvalue weighted by atomic mass is 10.2. The molecule has 0 saturated heterocycles. The van der Waals surface area contributed by atoms with Crippen molar-refractivity contribution in [3.8, 4) is 0 Å². The standard InChI is InChI=1S/C18H16N2O5S3/c1-12-2-6-14(7-3-12)27(22,23)17-11-10-16(26-17)18(21)20-13-4-8-15(9-5-13)28(19,24)25/h2-11H,1H3,(H,20,21)(H2,19,24,25). The first-order valence-corrected chi connectivity index (χ1v) is 11.8. The van der Waals surface area contributed by atoms with Gasteiger partial charge in [0, 0.05) is 5.69 Å². The van der Waals surface area contributed by atoms with Gasteiger partial charge in [-0.05, 0) is 55.5 Å². The quantitative estimate of drug-likeness (QED) is 0.636. The molecule has 1 heterocycles. The Morgan fingerprint density at radius 1 is 0.857 bits per heavy atom. The Kier molecular flexibility index (Phi) is 5.39. The number of primary sulfonamides is 1. The van der Waals surface area contributed by atoms with E-state index < -0.39 is 25.8 Å². The summed E-state index contributed by atoms with van der Waals surface area (Å²) in [5.41, 5.74) is 1.30. The lowest BCUT2D eigenvalue weighted by Crippen LogP contribution is -2.13. The highest BCUT2D eigenvalue weighted by atomic mass is 32.2. The van der Waals surface area contributed by atoms with Crippen LogP contribution in [0.5, 0.6) is 0 Å². The van der Waals surface area contributed by atoms with E-state index in [0.717, 1.165) is 16.9 Å². The largest absolute Gasteiger partial charge is 0.321 e. The monoisotopic (exact) mass is 436 g/mol. The van der Waals surface area contributed by atoms with Crippen molar-refractivity contribution in [3.63, 3.8) is 0 Å². The zero-order chi connectivity index (χ0) is 20.5. The van der Waals surface area contributed by atoms with E-state index in [9.17, 15) is 21.6 Å². The van der Waals surface area contributed by atoms with Crippen LogP contribution in [0.2, 0.25) is 0 Å². The van der Waals surface area contributed by atoms with E-state index in [0.29, 0.717) is 5.69 Å². The summed E-state index contributed by atoms with van der Waals surface area (Å²) in [6.07, 6.45) is 0.